The number of hydrogen-bond donors (Lipinski definition) is 1. The maximum Gasteiger partial charge on any atom is 0.119 e. The molecule has 2 aromatic rings. The molecule has 2 heteroatoms. The number of aromatic hydroxyl groups is 1. The van der Waals surface area contributed by atoms with Crippen molar-refractivity contribution in [3.63, 3.8) is 0 Å². The molecule has 0 amide bonds. The molecule has 2 rings (SSSR count). The van der Waals surface area contributed by atoms with Crippen molar-refractivity contribution in [1.29, 1.82) is 0 Å². The van der Waals surface area contributed by atoms with Crippen LogP contribution in [0.2, 0.25) is 0 Å². The fraction of sp³-hybridized carbons (Fsp3) is 0.250. The first-order chi connectivity index (χ1) is 8.75. The van der Waals surface area contributed by atoms with Gasteiger partial charge in [0, 0.05) is 0 Å². The Morgan fingerprint density at radius 1 is 1.00 bits per heavy atom. The number of aryl methyl sites for hydroxylation is 2. The van der Waals surface area contributed by atoms with E-state index < -0.39 is 0 Å². The van der Waals surface area contributed by atoms with E-state index in [1.807, 2.05) is 0 Å². The average molecular weight is 242 g/mol. The van der Waals surface area contributed by atoms with Crippen LogP contribution >= 0.6 is 0 Å². The quantitative estimate of drug-likeness (QED) is 0.810. The molecular weight excluding hydrogens is 224 g/mol. The highest BCUT2D eigenvalue weighted by atomic mass is 16.5. The minimum absolute atomic E-state index is 0.266. The molecule has 0 fully saturated rings. The van der Waals surface area contributed by atoms with Crippen LogP contribution in [-0.4, -0.2) is 11.7 Å². The normalized spacial score (nSPS) is 10.3. The molecule has 2 aromatic carbocycles. The van der Waals surface area contributed by atoms with Gasteiger partial charge in [-0.15, -0.1) is 0 Å². The lowest BCUT2D eigenvalue weighted by atomic mass is 10.0. The third kappa shape index (κ3) is 3.52. The molecule has 94 valence electrons. The van der Waals surface area contributed by atoms with Gasteiger partial charge in [-0.05, 0) is 55.2 Å². The van der Waals surface area contributed by atoms with Gasteiger partial charge in [-0.3, -0.25) is 0 Å². The zero-order valence-corrected chi connectivity index (χ0v) is 10.6. The number of benzene rings is 2. The molecule has 0 aliphatic heterocycles. The molecule has 0 spiro atoms. The molecule has 2 nitrogen and oxygen atoms in total. The van der Waals surface area contributed by atoms with Crippen LogP contribution in [-0.2, 0) is 6.42 Å². The molecule has 0 saturated carbocycles. The fourth-order valence-corrected chi connectivity index (χ4v) is 1.89. The predicted octanol–water partition coefficient (Wildman–Crippen LogP) is 3.71. The average Bonchev–Trinajstić information content (AvgIpc) is 2.39. The van der Waals surface area contributed by atoms with Crippen LogP contribution in [0.15, 0.2) is 48.5 Å². The highest BCUT2D eigenvalue weighted by Gasteiger charge is 1.98. The first-order valence-electron chi connectivity index (χ1n) is 6.22. The third-order valence-electron chi connectivity index (χ3n) is 2.96. The summed E-state index contributed by atoms with van der Waals surface area (Å²) in [7, 11) is 0. The van der Waals surface area contributed by atoms with E-state index in [1.54, 1.807) is 24.3 Å². The molecule has 0 aliphatic carbocycles. The SMILES string of the molecule is Cc1ccccc1CCCOc1ccc(O)cc1. The van der Waals surface area contributed by atoms with Crippen LogP contribution < -0.4 is 4.74 Å². The van der Waals surface area contributed by atoms with E-state index in [4.69, 9.17) is 9.84 Å². The fourth-order valence-electron chi connectivity index (χ4n) is 1.89. The second kappa shape index (κ2) is 6.10. The van der Waals surface area contributed by atoms with Gasteiger partial charge in [0.05, 0.1) is 6.61 Å². The largest absolute Gasteiger partial charge is 0.508 e. The van der Waals surface area contributed by atoms with Gasteiger partial charge in [-0.25, -0.2) is 0 Å². The standard InChI is InChI=1S/C16H18O2/c1-13-5-2-3-6-14(13)7-4-12-18-16-10-8-15(17)9-11-16/h2-3,5-6,8-11,17H,4,7,12H2,1H3. The lowest BCUT2D eigenvalue weighted by molar-refractivity contribution is 0.310. The maximum absolute atomic E-state index is 9.15. The van der Waals surface area contributed by atoms with Crippen LogP contribution in [0.5, 0.6) is 11.5 Å². The van der Waals surface area contributed by atoms with Gasteiger partial charge in [0.2, 0.25) is 0 Å². The Bertz CT molecular complexity index is 489. The van der Waals surface area contributed by atoms with Gasteiger partial charge in [0.1, 0.15) is 11.5 Å². The van der Waals surface area contributed by atoms with Crippen molar-refractivity contribution in [2.45, 2.75) is 19.8 Å². The summed E-state index contributed by atoms with van der Waals surface area (Å²) in [6.07, 6.45) is 2.02. The van der Waals surface area contributed by atoms with Crippen LogP contribution in [0.25, 0.3) is 0 Å². The Kier molecular flexibility index (Phi) is 4.24. The molecule has 0 aliphatic rings. The van der Waals surface area contributed by atoms with E-state index in [9.17, 15) is 0 Å². The first kappa shape index (κ1) is 12.5. The highest BCUT2D eigenvalue weighted by Crippen LogP contribution is 2.16. The van der Waals surface area contributed by atoms with Gasteiger partial charge in [0.15, 0.2) is 0 Å². The minimum Gasteiger partial charge on any atom is -0.508 e. The summed E-state index contributed by atoms with van der Waals surface area (Å²) in [5.41, 5.74) is 2.72. The van der Waals surface area contributed by atoms with Gasteiger partial charge in [0.25, 0.3) is 0 Å². The summed E-state index contributed by atoms with van der Waals surface area (Å²) >= 11 is 0. The van der Waals surface area contributed by atoms with Crippen molar-refractivity contribution >= 4 is 0 Å². The Labute approximate surface area is 108 Å². The van der Waals surface area contributed by atoms with Crippen molar-refractivity contribution in [1.82, 2.24) is 0 Å². The number of rotatable bonds is 5. The van der Waals surface area contributed by atoms with E-state index in [2.05, 4.69) is 31.2 Å². The van der Waals surface area contributed by atoms with Gasteiger partial charge in [-0.1, -0.05) is 24.3 Å². The van der Waals surface area contributed by atoms with Crippen molar-refractivity contribution < 1.29 is 9.84 Å². The lowest BCUT2D eigenvalue weighted by Gasteiger charge is -2.07. The van der Waals surface area contributed by atoms with E-state index in [1.165, 1.54) is 11.1 Å². The van der Waals surface area contributed by atoms with Gasteiger partial charge < -0.3 is 9.84 Å². The molecule has 0 heterocycles. The Morgan fingerprint density at radius 2 is 1.72 bits per heavy atom. The van der Waals surface area contributed by atoms with Crippen molar-refractivity contribution in [3.8, 4) is 11.5 Å². The minimum atomic E-state index is 0.266. The van der Waals surface area contributed by atoms with E-state index in [0.29, 0.717) is 6.61 Å². The topological polar surface area (TPSA) is 29.5 Å². The summed E-state index contributed by atoms with van der Waals surface area (Å²) in [6, 6.07) is 15.3. The monoisotopic (exact) mass is 242 g/mol. The van der Waals surface area contributed by atoms with E-state index in [-0.39, 0.29) is 5.75 Å². The van der Waals surface area contributed by atoms with Crippen LogP contribution in [0, 0.1) is 6.92 Å². The highest BCUT2D eigenvalue weighted by molar-refractivity contribution is 5.30. The second-order valence-corrected chi connectivity index (χ2v) is 4.37. The van der Waals surface area contributed by atoms with Crippen molar-refractivity contribution in [2.75, 3.05) is 6.61 Å². The molecule has 0 unspecified atom stereocenters. The Balaban J connectivity index is 1.76. The Hall–Kier alpha value is -1.96. The maximum atomic E-state index is 9.15. The van der Waals surface area contributed by atoms with Gasteiger partial charge in [-0.2, -0.15) is 0 Å². The second-order valence-electron chi connectivity index (χ2n) is 4.37. The van der Waals surface area contributed by atoms with Crippen molar-refractivity contribution in [3.05, 3.63) is 59.7 Å². The summed E-state index contributed by atoms with van der Waals surface area (Å²) in [5.74, 6) is 1.07. The van der Waals surface area contributed by atoms with E-state index >= 15 is 0 Å². The molecule has 0 aromatic heterocycles. The zero-order chi connectivity index (χ0) is 12.8. The van der Waals surface area contributed by atoms with Gasteiger partial charge >= 0.3 is 0 Å². The number of phenolic OH excluding ortho intramolecular Hbond substituents is 1. The summed E-state index contributed by atoms with van der Waals surface area (Å²) in [6.45, 7) is 2.83. The van der Waals surface area contributed by atoms with Crippen LogP contribution in [0.4, 0.5) is 0 Å². The van der Waals surface area contributed by atoms with E-state index in [0.717, 1.165) is 18.6 Å². The molecule has 1 N–H and O–H groups in total. The molecule has 0 atom stereocenters. The molecule has 0 bridgehead atoms. The number of hydrogen-bond acceptors (Lipinski definition) is 2. The number of ether oxygens (including phenoxy) is 1. The summed E-state index contributed by atoms with van der Waals surface area (Å²) in [4.78, 5) is 0. The number of phenols is 1. The summed E-state index contributed by atoms with van der Waals surface area (Å²) in [5, 5.41) is 9.15. The van der Waals surface area contributed by atoms with Crippen molar-refractivity contribution in [2.24, 2.45) is 0 Å². The lowest BCUT2D eigenvalue weighted by Crippen LogP contribution is -2.00. The van der Waals surface area contributed by atoms with Crippen LogP contribution in [0.1, 0.15) is 17.5 Å². The summed E-state index contributed by atoms with van der Waals surface area (Å²) < 4.78 is 5.61. The molecular formula is C16H18O2. The predicted molar refractivity (Wildman–Crippen MR) is 73.1 cm³/mol. The molecule has 18 heavy (non-hydrogen) atoms. The zero-order valence-electron chi connectivity index (χ0n) is 10.6. The van der Waals surface area contributed by atoms with Crippen LogP contribution in [0.3, 0.4) is 0 Å². The molecule has 0 radical (unpaired) electrons. The third-order valence-corrected chi connectivity index (χ3v) is 2.96. The Morgan fingerprint density at radius 3 is 2.44 bits per heavy atom. The first-order valence-corrected chi connectivity index (χ1v) is 6.22. The molecule has 0 saturated heterocycles. The smallest absolute Gasteiger partial charge is 0.119 e.